The van der Waals surface area contributed by atoms with E-state index in [1.165, 1.54) is 0 Å². The molecule has 0 spiro atoms. The Kier molecular flexibility index (Phi) is 4.89. The highest BCUT2D eigenvalue weighted by Gasteiger charge is 2.28. The molecule has 1 saturated heterocycles. The maximum Gasteiger partial charge on any atom is 0.287 e. The van der Waals surface area contributed by atoms with E-state index < -0.39 is 0 Å². The van der Waals surface area contributed by atoms with E-state index >= 15 is 0 Å². The average molecular weight is 269 g/mol. The molecule has 0 radical (unpaired) electrons. The van der Waals surface area contributed by atoms with Gasteiger partial charge in [0.15, 0.2) is 5.82 Å². The van der Waals surface area contributed by atoms with E-state index in [-0.39, 0.29) is 31.3 Å². The largest absolute Gasteiger partial charge is 0.394 e. The van der Waals surface area contributed by atoms with Crippen LogP contribution in [0.15, 0.2) is 12.4 Å². The molecule has 19 heavy (non-hydrogen) atoms. The molecule has 7 heteroatoms. The van der Waals surface area contributed by atoms with Crippen LogP contribution in [-0.2, 0) is 16.5 Å². The minimum Gasteiger partial charge on any atom is -0.394 e. The Bertz CT molecular complexity index is 421. The van der Waals surface area contributed by atoms with Gasteiger partial charge >= 0.3 is 0 Å². The van der Waals surface area contributed by atoms with Crippen molar-refractivity contribution in [1.82, 2.24) is 14.9 Å². The number of nitrogens with zero attached hydrogens (tertiary/aromatic N) is 2. The number of nitrogens with one attached hydrogen (secondary N) is 1. The lowest BCUT2D eigenvalue weighted by atomic mass is 10.1. The van der Waals surface area contributed by atoms with Crippen molar-refractivity contribution in [3.8, 4) is 0 Å². The van der Waals surface area contributed by atoms with Crippen molar-refractivity contribution in [2.75, 3.05) is 26.4 Å². The van der Waals surface area contributed by atoms with Crippen molar-refractivity contribution in [3.63, 3.8) is 0 Å². The van der Waals surface area contributed by atoms with Crippen molar-refractivity contribution >= 4 is 5.91 Å². The summed E-state index contributed by atoms with van der Waals surface area (Å²) in [7, 11) is 1.76. The maximum absolute atomic E-state index is 12.1. The van der Waals surface area contributed by atoms with E-state index in [0.29, 0.717) is 25.5 Å². The first-order valence-electron chi connectivity index (χ1n) is 6.30. The van der Waals surface area contributed by atoms with Crippen LogP contribution < -0.4 is 5.32 Å². The minimum atomic E-state index is -0.249. The van der Waals surface area contributed by atoms with Gasteiger partial charge in [0.2, 0.25) is 0 Å². The molecule has 1 aromatic heterocycles. The van der Waals surface area contributed by atoms with Crippen molar-refractivity contribution in [2.24, 2.45) is 7.05 Å². The zero-order valence-corrected chi connectivity index (χ0v) is 10.9. The van der Waals surface area contributed by atoms with E-state index in [9.17, 15) is 4.79 Å². The average Bonchev–Trinajstić information content (AvgIpc) is 2.84. The monoisotopic (exact) mass is 269 g/mol. The molecule has 1 aliphatic rings. The van der Waals surface area contributed by atoms with Crippen molar-refractivity contribution < 1.29 is 19.4 Å². The highest BCUT2D eigenvalue weighted by Crippen LogP contribution is 2.12. The molecule has 2 atom stereocenters. The van der Waals surface area contributed by atoms with Crippen LogP contribution in [0.25, 0.3) is 0 Å². The topological polar surface area (TPSA) is 85.6 Å². The first-order valence-corrected chi connectivity index (χ1v) is 6.30. The molecule has 106 valence electrons. The van der Waals surface area contributed by atoms with Gasteiger partial charge in [-0.3, -0.25) is 4.79 Å². The summed E-state index contributed by atoms with van der Waals surface area (Å²) in [6, 6.07) is -0.218. The molecule has 2 rings (SSSR count). The fourth-order valence-corrected chi connectivity index (χ4v) is 2.07. The Morgan fingerprint density at radius 3 is 3.26 bits per heavy atom. The number of hydrogen-bond donors (Lipinski definition) is 2. The van der Waals surface area contributed by atoms with Crippen LogP contribution in [-0.4, -0.2) is 59.1 Å². The Balaban J connectivity index is 1.95. The summed E-state index contributed by atoms with van der Waals surface area (Å²) in [6.45, 7) is 1.24. The number of aromatic nitrogens is 2. The molecule has 0 unspecified atom stereocenters. The number of hydrogen-bond acceptors (Lipinski definition) is 5. The second-order valence-corrected chi connectivity index (χ2v) is 4.44. The highest BCUT2D eigenvalue weighted by atomic mass is 16.5. The van der Waals surface area contributed by atoms with Crippen LogP contribution >= 0.6 is 0 Å². The fraction of sp³-hybridized carbons (Fsp3) is 0.667. The number of carbonyl (C=O) groups excluding carboxylic acids is 1. The van der Waals surface area contributed by atoms with E-state index in [0.717, 1.165) is 0 Å². The minimum absolute atomic E-state index is 0.0304. The summed E-state index contributed by atoms with van der Waals surface area (Å²) in [6.07, 6.45) is 3.86. The van der Waals surface area contributed by atoms with Crippen molar-refractivity contribution in [1.29, 1.82) is 0 Å². The van der Waals surface area contributed by atoms with Crippen LogP contribution in [0.4, 0.5) is 0 Å². The van der Waals surface area contributed by atoms with Gasteiger partial charge in [-0.1, -0.05) is 0 Å². The normalized spacial score (nSPS) is 23.3. The summed E-state index contributed by atoms with van der Waals surface area (Å²) < 4.78 is 12.5. The summed E-state index contributed by atoms with van der Waals surface area (Å²) in [4.78, 5) is 16.1. The number of aryl methyl sites for hydroxylation is 1. The van der Waals surface area contributed by atoms with Gasteiger partial charge in [0.05, 0.1) is 32.0 Å². The van der Waals surface area contributed by atoms with Crippen molar-refractivity contribution in [3.05, 3.63) is 18.2 Å². The standard InChI is InChI=1S/C12H19N3O4/c1-15-4-3-13-11(15)12(17)14-9-8-18-6-2-10(9)19-7-5-16/h3-4,9-10,16H,2,5-8H2,1H3,(H,14,17)/t9-,10+/m1/s1. The van der Waals surface area contributed by atoms with E-state index in [4.69, 9.17) is 14.6 Å². The second-order valence-electron chi connectivity index (χ2n) is 4.44. The third kappa shape index (κ3) is 3.52. The molecule has 1 aromatic rings. The Morgan fingerprint density at radius 1 is 1.74 bits per heavy atom. The number of rotatable bonds is 5. The van der Waals surface area contributed by atoms with E-state index in [1.54, 1.807) is 24.0 Å². The molecule has 0 aromatic carbocycles. The number of imidazole rings is 1. The molecule has 1 fully saturated rings. The number of aliphatic hydroxyl groups excluding tert-OH is 1. The number of amides is 1. The van der Waals surface area contributed by atoms with Gasteiger partial charge in [0, 0.05) is 26.0 Å². The number of aliphatic hydroxyl groups is 1. The first kappa shape index (κ1) is 14.0. The zero-order chi connectivity index (χ0) is 13.7. The van der Waals surface area contributed by atoms with E-state index in [2.05, 4.69) is 10.3 Å². The second kappa shape index (κ2) is 6.65. The number of carbonyl (C=O) groups is 1. The van der Waals surface area contributed by atoms with Crippen LogP contribution in [0.2, 0.25) is 0 Å². The SMILES string of the molecule is Cn1ccnc1C(=O)N[C@@H]1COCC[C@@H]1OCCO. The molecule has 2 heterocycles. The molecular weight excluding hydrogens is 250 g/mol. The van der Waals surface area contributed by atoms with Gasteiger partial charge in [-0.25, -0.2) is 4.98 Å². The van der Waals surface area contributed by atoms with Crippen molar-refractivity contribution in [2.45, 2.75) is 18.6 Å². The van der Waals surface area contributed by atoms with Gasteiger partial charge in [-0.05, 0) is 6.42 Å². The van der Waals surface area contributed by atoms with Crippen LogP contribution in [0, 0.1) is 0 Å². The predicted octanol–water partition coefficient (Wildman–Crippen LogP) is -0.684. The lowest BCUT2D eigenvalue weighted by molar-refractivity contribution is -0.0613. The van der Waals surface area contributed by atoms with Gasteiger partial charge in [0.25, 0.3) is 5.91 Å². The lowest BCUT2D eigenvalue weighted by Gasteiger charge is -2.31. The first-order chi connectivity index (χ1) is 9.22. The maximum atomic E-state index is 12.1. The third-order valence-electron chi connectivity index (χ3n) is 3.06. The Labute approximate surface area is 111 Å². The zero-order valence-electron chi connectivity index (χ0n) is 10.9. The van der Waals surface area contributed by atoms with Crippen LogP contribution in [0.1, 0.15) is 17.0 Å². The van der Waals surface area contributed by atoms with Crippen LogP contribution in [0.3, 0.4) is 0 Å². The van der Waals surface area contributed by atoms with Gasteiger partial charge in [-0.2, -0.15) is 0 Å². The molecule has 0 bridgehead atoms. The molecule has 1 amide bonds. The molecular formula is C12H19N3O4. The van der Waals surface area contributed by atoms with Gasteiger partial charge in [-0.15, -0.1) is 0 Å². The Hall–Kier alpha value is -1.44. The third-order valence-corrected chi connectivity index (χ3v) is 3.06. The predicted molar refractivity (Wildman–Crippen MR) is 66.7 cm³/mol. The summed E-state index contributed by atoms with van der Waals surface area (Å²) in [5, 5.41) is 11.7. The molecule has 2 N–H and O–H groups in total. The molecule has 1 aliphatic heterocycles. The quantitative estimate of drug-likeness (QED) is 0.739. The summed E-state index contributed by atoms with van der Waals surface area (Å²) >= 11 is 0. The van der Waals surface area contributed by atoms with E-state index in [1.807, 2.05) is 0 Å². The lowest BCUT2D eigenvalue weighted by Crippen LogP contribution is -2.51. The summed E-state index contributed by atoms with van der Waals surface area (Å²) in [5.41, 5.74) is 0. The van der Waals surface area contributed by atoms with Crippen LogP contribution in [0.5, 0.6) is 0 Å². The van der Waals surface area contributed by atoms with Gasteiger partial charge in [0.1, 0.15) is 0 Å². The molecule has 7 nitrogen and oxygen atoms in total. The fourth-order valence-electron chi connectivity index (χ4n) is 2.07. The molecule has 0 aliphatic carbocycles. The Morgan fingerprint density at radius 2 is 2.58 bits per heavy atom. The number of ether oxygens (including phenoxy) is 2. The smallest absolute Gasteiger partial charge is 0.287 e. The van der Waals surface area contributed by atoms with Gasteiger partial charge < -0.3 is 24.5 Å². The highest BCUT2D eigenvalue weighted by molar-refractivity contribution is 5.91. The molecule has 0 saturated carbocycles. The summed E-state index contributed by atoms with van der Waals surface area (Å²) in [5.74, 6) is 0.104.